The average molecular weight is 274 g/mol. The number of ether oxygens (including phenoxy) is 1. The summed E-state index contributed by atoms with van der Waals surface area (Å²) < 4.78 is 31.7. The zero-order valence-corrected chi connectivity index (χ0v) is 10.5. The van der Waals surface area contributed by atoms with Gasteiger partial charge in [-0.05, 0) is 39.3 Å². The highest BCUT2D eigenvalue weighted by atomic mass is 35.5. The molecule has 0 spiro atoms. The molecule has 1 saturated heterocycles. The number of aliphatic hydroxyl groups is 1. The van der Waals surface area contributed by atoms with Gasteiger partial charge in [-0.2, -0.15) is 8.78 Å². The minimum absolute atomic E-state index is 0. The Labute approximate surface area is 105 Å². The van der Waals surface area contributed by atoms with Crippen molar-refractivity contribution in [3.8, 4) is 0 Å². The van der Waals surface area contributed by atoms with E-state index in [4.69, 9.17) is 0 Å². The molecule has 7 heteroatoms. The average Bonchev–Trinajstić information content (AvgIpc) is 2.44. The molecule has 17 heavy (non-hydrogen) atoms. The molecule has 0 amide bonds. The topological polar surface area (TPSA) is 58.6 Å². The highest BCUT2D eigenvalue weighted by Gasteiger charge is 2.59. The quantitative estimate of drug-likeness (QED) is 0.757. The molecular weight excluding hydrogens is 256 g/mol. The molecule has 0 aromatic heterocycles. The Balaban J connectivity index is 0.00000256. The molecule has 0 aromatic carbocycles. The minimum atomic E-state index is -3.84. The van der Waals surface area contributed by atoms with Crippen LogP contribution < -0.4 is 5.32 Å². The fraction of sp³-hybridized carbons (Fsp3) is 0.900. The van der Waals surface area contributed by atoms with Crippen LogP contribution in [0.5, 0.6) is 0 Å². The summed E-state index contributed by atoms with van der Waals surface area (Å²) in [4.78, 5) is 11.1. The van der Waals surface area contributed by atoms with Crippen molar-refractivity contribution < 1.29 is 23.4 Å². The number of alkyl halides is 2. The van der Waals surface area contributed by atoms with E-state index in [-0.39, 0.29) is 38.4 Å². The number of rotatable bonds is 3. The maximum atomic E-state index is 13.7. The summed E-state index contributed by atoms with van der Waals surface area (Å²) in [6, 6.07) is 0. The molecule has 0 bridgehead atoms. The van der Waals surface area contributed by atoms with Crippen molar-refractivity contribution in [2.45, 2.75) is 37.7 Å². The summed E-state index contributed by atoms with van der Waals surface area (Å²) in [5.41, 5.74) is -2.29. The van der Waals surface area contributed by atoms with Gasteiger partial charge in [-0.15, -0.1) is 12.4 Å². The van der Waals surface area contributed by atoms with Crippen LogP contribution in [0.15, 0.2) is 0 Å². The van der Waals surface area contributed by atoms with Gasteiger partial charge in [0, 0.05) is 0 Å². The first-order chi connectivity index (χ1) is 7.44. The molecule has 0 saturated carbocycles. The molecule has 1 fully saturated rings. The monoisotopic (exact) mass is 273 g/mol. The Kier molecular flexibility index (Phi) is 6.29. The van der Waals surface area contributed by atoms with E-state index in [9.17, 15) is 18.7 Å². The zero-order valence-electron chi connectivity index (χ0n) is 9.67. The Bertz CT molecular complexity index is 256. The second kappa shape index (κ2) is 6.47. The smallest absolute Gasteiger partial charge is 0.380 e. The lowest BCUT2D eigenvalue weighted by Crippen LogP contribution is -2.54. The van der Waals surface area contributed by atoms with Crippen molar-refractivity contribution in [2.75, 3.05) is 19.7 Å². The van der Waals surface area contributed by atoms with Gasteiger partial charge in [-0.25, -0.2) is 4.79 Å². The third-order valence-electron chi connectivity index (χ3n) is 2.78. The largest absolute Gasteiger partial charge is 0.461 e. The molecule has 0 aromatic rings. The van der Waals surface area contributed by atoms with Gasteiger partial charge in [0.1, 0.15) is 5.60 Å². The van der Waals surface area contributed by atoms with Gasteiger partial charge in [0.15, 0.2) is 0 Å². The molecule has 1 aliphatic rings. The van der Waals surface area contributed by atoms with Crippen molar-refractivity contribution >= 4 is 18.4 Å². The van der Waals surface area contributed by atoms with Gasteiger partial charge in [0.25, 0.3) is 0 Å². The van der Waals surface area contributed by atoms with E-state index in [1.165, 1.54) is 6.92 Å². The van der Waals surface area contributed by atoms with Crippen LogP contribution in [0.1, 0.15) is 26.2 Å². The predicted octanol–water partition coefficient (Wildman–Crippen LogP) is 1.11. The first-order valence-electron chi connectivity index (χ1n) is 5.42. The molecule has 0 aliphatic carbocycles. The molecule has 1 aliphatic heterocycles. The maximum absolute atomic E-state index is 13.7. The number of carbonyl (C=O) groups excluding carboxylic acids is 1. The molecule has 1 rings (SSSR count). The van der Waals surface area contributed by atoms with Crippen LogP contribution in [0.2, 0.25) is 0 Å². The number of halogens is 3. The van der Waals surface area contributed by atoms with Gasteiger partial charge >= 0.3 is 11.9 Å². The Morgan fingerprint density at radius 2 is 2.12 bits per heavy atom. The van der Waals surface area contributed by atoms with Crippen molar-refractivity contribution in [1.29, 1.82) is 0 Å². The van der Waals surface area contributed by atoms with Crippen molar-refractivity contribution in [2.24, 2.45) is 0 Å². The van der Waals surface area contributed by atoms with Crippen molar-refractivity contribution in [1.82, 2.24) is 5.32 Å². The second-order valence-corrected chi connectivity index (χ2v) is 3.93. The Morgan fingerprint density at radius 3 is 2.71 bits per heavy atom. The van der Waals surface area contributed by atoms with Crippen LogP contribution in [0.25, 0.3) is 0 Å². The SMILES string of the molecule is CCOC(=O)C(F)(F)C1(O)CCCNCC1.Cl. The summed E-state index contributed by atoms with van der Waals surface area (Å²) >= 11 is 0. The third kappa shape index (κ3) is 3.50. The number of carbonyl (C=O) groups is 1. The Morgan fingerprint density at radius 1 is 1.47 bits per heavy atom. The summed E-state index contributed by atoms with van der Waals surface area (Å²) in [5, 5.41) is 12.8. The molecule has 2 N–H and O–H groups in total. The molecule has 1 heterocycles. The van der Waals surface area contributed by atoms with Crippen molar-refractivity contribution in [3.63, 3.8) is 0 Å². The standard InChI is InChI=1S/C10H17F2NO3.ClH/c1-2-16-8(14)10(11,12)9(15)4-3-6-13-7-5-9;/h13,15H,2-7H2,1H3;1H. The van der Waals surface area contributed by atoms with Crippen LogP contribution in [-0.2, 0) is 9.53 Å². The van der Waals surface area contributed by atoms with E-state index in [1.807, 2.05) is 0 Å². The number of hydrogen-bond acceptors (Lipinski definition) is 4. The maximum Gasteiger partial charge on any atom is 0.380 e. The molecular formula is C10H18ClF2NO3. The minimum Gasteiger partial charge on any atom is -0.461 e. The molecule has 1 atom stereocenters. The third-order valence-corrected chi connectivity index (χ3v) is 2.78. The van der Waals surface area contributed by atoms with E-state index in [1.54, 1.807) is 0 Å². The lowest BCUT2D eigenvalue weighted by molar-refractivity contribution is -0.215. The van der Waals surface area contributed by atoms with E-state index < -0.39 is 17.5 Å². The molecule has 0 radical (unpaired) electrons. The lowest BCUT2D eigenvalue weighted by Gasteiger charge is -2.32. The molecule has 1 unspecified atom stereocenters. The van der Waals surface area contributed by atoms with Crippen LogP contribution in [0.4, 0.5) is 8.78 Å². The van der Waals surface area contributed by atoms with E-state index >= 15 is 0 Å². The van der Waals surface area contributed by atoms with Gasteiger partial charge in [-0.3, -0.25) is 0 Å². The first-order valence-corrected chi connectivity index (χ1v) is 5.42. The van der Waals surface area contributed by atoms with Gasteiger partial charge in [-0.1, -0.05) is 0 Å². The van der Waals surface area contributed by atoms with Crippen LogP contribution in [-0.4, -0.2) is 42.3 Å². The van der Waals surface area contributed by atoms with Crippen LogP contribution in [0, 0.1) is 0 Å². The van der Waals surface area contributed by atoms with E-state index in [0.717, 1.165) is 0 Å². The number of nitrogens with one attached hydrogen (secondary N) is 1. The van der Waals surface area contributed by atoms with Crippen molar-refractivity contribution in [3.05, 3.63) is 0 Å². The zero-order chi connectivity index (χ0) is 12.2. The summed E-state index contributed by atoms with van der Waals surface area (Å²) in [6.07, 6.45) is 0.149. The van der Waals surface area contributed by atoms with Gasteiger partial charge in [0.2, 0.25) is 0 Å². The van der Waals surface area contributed by atoms with Gasteiger partial charge in [0.05, 0.1) is 6.61 Å². The summed E-state index contributed by atoms with van der Waals surface area (Å²) in [7, 11) is 0. The summed E-state index contributed by atoms with van der Waals surface area (Å²) in [6.45, 7) is 2.17. The number of esters is 1. The highest BCUT2D eigenvalue weighted by molar-refractivity contribution is 5.85. The van der Waals surface area contributed by atoms with Crippen LogP contribution in [0.3, 0.4) is 0 Å². The fourth-order valence-corrected chi connectivity index (χ4v) is 1.78. The molecule has 4 nitrogen and oxygen atoms in total. The van der Waals surface area contributed by atoms with Gasteiger partial charge < -0.3 is 15.2 Å². The molecule has 102 valence electrons. The Hall–Kier alpha value is -0.460. The normalized spacial score (nSPS) is 25.6. The van der Waals surface area contributed by atoms with Crippen LogP contribution >= 0.6 is 12.4 Å². The summed E-state index contributed by atoms with van der Waals surface area (Å²) in [5.74, 6) is -5.48. The van der Waals surface area contributed by atoms with E-state index in [2.05, 4.69) is 10.1 Å². The highest BCUT2D eigenvalue weighted by Crippen LogP contribution is 2.37. The second-order valence-electron chi connectivity index (χ2n) is 3.93. The number of hydrogen-bond donors (Lipinski definition) is 2. The predicted molar refractivity (Wildman–Crippen MR) is 60.5 cm³/mol. The van der Waals surface area contributed by atoms with E-state index in [0.29, 0.717) is 13.0 Å². The lowest BCUT2D eigenvalue weighted by atomic mass is 9.87. The first kappa shape index (κ1) is 16.5. The fourth-order valence-electron chi connectivity index (χ4n) is 1.78.